The molecule has 0 bridgehead atoms. The summed E-state index contributed by atoms with van der Waals surface area (Å²) in [5.74, 6) is 0.401. The molecule has 0 aliphatic carbocycles. The van der Waals surface area contributed by atoms with Crippen LogP contribution in [0.15, 0.2) is 48.5 Å². The zero-order valence-corrected chi connectivity index (χ0v) is 16.1. The monoisotopic (exact) mass is 398 g/mol. The molecule has 2 heterocycles. The van der Waals surface area contributed by atoms with E-state index in [0.29, 0.717) is 16.4 Å². The first-order chi connectivity index (χ1) is 13.1. The molecule has 136 valence electrons. The van der Waals surface area contributed by atoms with Gasteiger partial charge in [-0.3, -0.25) is 10.1 Å². The molecule has 0 radical (unpaired) electrons. The van der Waals surface area contributed by atoms with Crippen molar-refractivity contribution in [2.75, 3.05) is 12.4 Å². The number of fused-ring (bicyclic) bond motifs is 1. The van der Waals surface area contributed by atoms with Crippen molar-refractivity contribution in [1.82, 2.24) is 14.8 Å². The van der Waals surface area contributed by atoms with E-state index in [1.165, 1.54) is 11.3 Å². The van der Waals surface area contributed by atoms with Crippen molar-refractivity contribution in [3.05, 3.63) is 64.9 Å². The Morgan fingerprint density at radius 2 is 2.00 bits per heavy atom. The Morgan fingerprint density at radius 3 is 2.74 bits per heavy atom. The number of benzene rings is 2. The molecule has 0 unspecified atom stereocenters. The first-order valence-corrected chi connectivity index (χ1v) is 9.32. The molecule has 0 aliphatic heterocycles. The van der Waals surface area contributed by atoms with Crippen LogP contribution in [0, 0.1) is 6.92 Å². The Bertz CT molecular complexity index is 1140. The minimum Gasteiger partial charge on any atom is -0.497 e. The summed E-state index contributed by atoms with van der Waals surface area (Å²) in [4.78, 5) is 17.2. The highest BCUT2D eigenvalue weighted by atomic mass is 35.5. The summed E-state index contributed by atoms with van der Waals surface area (Å²) in [6.45, 7) is 1.75. The lowest BCUT2D eigenvalue weighted by molar-refractivity contribution is 0.102. The number of aromatic nitrogens is 3. The third kappa shape index (κ3) is 3.27. The van der Waals surface area contributed by atoms with Gasteiger partial charge in [0.05, 0.1) is 28.7 Å². The highest BCUT2D eigenvalue weighted by Gasteiger charge is 2.22. The maximum Gasteiger partial charge on any atom is 0.262 e. The number of rotatable bonds is 4. The molecule has 0 atom stereocenters. The number of amides is 1. The Hall–Kier alpha value is -2.90. The third-order valence-corrected chi connectivity index (χ3v) is 5.33. The van der Waals surface area contributed by atoms with Gasteiger partial charge in [-0.15, -0.1) is 0 Å². The average Bonchev–Trinajstić information content (AvgIpc) is 3.21. The largest absolute Gasteiger partial charge is 0.497 e. The molecule has 2 aromatic carbocycles. The van der Waals surface area contributed by atoms with Gasteiger partial charge in [0.2, 0.25) is 0 Å². The molecule has 4 aromatic rings. The van der Waals surface area contributed by atoms with Crippen LogP contribution in [-0.2, 0) is 0 Å². The number of hydrogen-bond donors (Lipinski definition) is 1. The van der Waals surface area contributed by atoms with Crippen LogP contribution in [0.3, 0.4) is 0 Å². The van der Waals surface area contributed by atoms with Gasteiger partial charge < -0.3 is 4.74 Å². The van der Waals surface area contributed by atoms with E-state index in [2.05, 4.69) is 15.4 Å². The second-order valence-electron chi connectivity index (χ2n) is 5.81. The summed E-state index contributed by atoms with van der Waals surface area (Å²) < 4.78 is 7.70. The molecule has 0 spiro atoms. The topological polar surface area (TPSA) is 69.0 Å². The minimum atomic E-state index is -0.342. The molecule has 2 aromatic heterocycles. The molecule has 0 aliphatic rings. The predicted molar refractivity (Wildman–Crippen MR) is 107 cm³/mol. The van der Waals surface area contributed by atoms with Crippen molar-refractivity contribution in [2.45, 2.75) is 6.92 Å². The van der Waals surface area contributed by atoms with Crippen molar-refractivity contribution >= 4 is 44.2 Å². The highest BCUT2D eigenvalue weighted by molar-refractivity contribution is 7.22. The van der Waals surface area contributed by atoms with Gasteiger partial charge >= 0.3 is 0 Å². The van der Waals surface area contributed by atoms with E-state index >= 15 is 0 Å². The fourth-order valence-electron chi connectivity index (χ4n) is 2.74. The maximum atomic E-state index is 12.8. The summed E-state index contributed by atoms with van der Waals surface area (Å²) in [5.41, 5.74) is 2.46. The second kappa shape index (κ2) is 7.02. The van der Waals surface area contributed by atoms with Gasteiger partial charge in [0.15, 0.2) is 5.13 Å². The normalized spacial score (nSPS) is 10.9. The van der Waals surface area contributed by atoms with Crippen LogP contribution in [0.25, 0.3) is 15.9 Å². The van der Waals surface area contributed by atoms with E-state index in [0.717, 1.165) is 21.7 Å². The fourth-order valence-corrected chi connectivity index (χ4v) is 3.99. The smallest absolute Gasteiger partial charge is 0.262 e. The van der Waals surface area contributed by atoms with Crippen molar-refractivity contribution in [1.29, 1.82) is 0 Å². The molecule has 4 rings (SSSR count). The summed E-state index contributed by atoms with van der Waals surface area (Å²) in [6.07, 6.45) is 0. The van der Waals surface area contributed by atoms with Gasteiger partial charge in [0.1, 0.15) is 16.5 Å². The van der Waals surface area contributed by atoms with Crippen molar-refractivity contribution in [3.8, 4) is 11.4 Å². The summed E-state index contributed by atoms with van der Waals surface area (Å²) in [7, 11) is 1.61. The minimum absolute atomic E-state index is 0.263. The molecule has 8 heteroatoms. The Kier molecular flexibility index (Phi) is 4.55. The third-order valence-electron chi connectivity index (χ3n) is 4.05. The van der Waals surface area contributed by atoms with Gasteiger partial charge in [-0.1, -0.05) is 41.1 Å². The van der Waals surface area contributed by atoms with Crippen LogP contribution in [-0.4, -0.2) is 27.8 Å². The van der Waals surface area contributed by atoms with Crippen LogP contribution in [0.1, 0.15) is 16.1 Å². The van der Waals surface area contributed by atoms with Crippen LogP contribution in [0.4, 0.5) is 5.13 Å². The lowest BCUT2D eigenvalue weighted by Gasteiger charge is -2.03. The first kappa shape index (κ1) is 17.5. The number of ether oxygens (including phenoxy) is 1. The van der Waals surface area contributed by atoms with Crippen LogP contribution >= 0.6 is 22.9 Å². The number of halogens is 1. The van der Waals surface area contributed by atoms with Crippen LogP contribution in [0.2, 0.25) is 5.15 Å². The summed E-state index contributed by atoms with van der Waals surface area (Å²) >= 11 is 7.82. The number of carbonyl (C=O) groups excluding carboxylic acids is 1. The Labute approximate surface area is 164 Å². The zero-order valence-electron chi connectivity index (χ0n) is 14.6. The fraction of sp³-hybridized carbons (Fsp3) is 0.105. The number of carbonyl (C=O) groups is 1. The summed E-state index contributed by atoms with van der Waals surface area (Å²) in [5, 5.41) is 7.98. The van der Waals surface area contributed by atoms with E-state index in [4.69, 9.17) is 16.3 Å². The summed E-state index contributed by atoms with van der Waals surface area (Å²) in [6, 6.07) is 15.0. The number of aryl methyl sites for hydroxylation is 1. The van der Waals surface area contributed by atoms with Gasteiger partial charge in [0.25, 0.3) is 5.91 Å². The Morgan fingerprint density at radius 1 is 1.22 bits per heavy atom. The van der Waals surface area contributed by atoms with Crippen LogP contribution < -0.4 is 10.1 Å². The molecular weight excluding hydrogens is 384 g/mol. The van der Waals surface area contributed by atoms with E-state index in [9.17, 15) is 4.79 Å². The second-order valence-corrected chi connectivity index (χ2v) is 7.19. The van der Waals surface area contributed by atoms with Gasteiger partial charge in [-0.25, -0.2) is 9.67 Å². The highest BCUT2D eigenvalue weighted by Crippen LogP contribution is 2.30. The first-order valence-electron chi connectivity index (χ1n) is 8.13. The number of nitrogens with one attached hydrogen (secondary N) is 1. The SMILES string of the molecule is COc1ccc2nc(NC(=O)c3c(C)nn(-c4ccccc4)c3Cl)sc2c1. The molecule has 0 saturated carbocycles. The molecular formula is C19H15ClN4O2S. The van der Waals surface area contributed by atoms with Crippen molar-refractivity contribution < 1.29 is 9.53 Å². The van der Waals surface area contributed by atoms with E-state index < -0.39 is 0 Å². The lowest BCUT2D eigenvalue weighted by atomic mass is 10.2. The van der Waals surface area contributed by atoms with Gasteiger partial charge in [0, 0.05) is 0 Å². The van der Waals surface area contributed by atoms with Gasteiger partial charge in [-0.2, -0.15) is 5.10 Å². The number of nitrogens with zero attached hydrogens (tertiary/aromatic N) is 3. The van der Waals surface area contributed by atoms with Gasteiger partial charge in [-0.05, 0) is 37.3 Å². The van der Waals surface area contributed by atoms with Crippen molar-refractivity contribution in [2.24, 2.45) is 0 Å². The maximum absolute atomic E-state index is 12.8. The quantitative estimate of drug-likeness (QED) is 0.540. The molecule has 0 saturated heterocycles. The van der Waals surface area contributed by atoms with Crippen LogP contribution in [0.5, 0.6) is 5.75 Å². The Balaban J connectivity index is 1.65. The lowest BCUT2D eigenvalue weighted by Crippen LogP contribution is -2.12. The molecule has 27 heavy (non-hydrogen) atoms. The molecule has 6 nitrogen and oxygen atoms in total. The average molecular weight is 399 g/mol. The number of methoxy groups -OCH3 is 1. The van der Waals surface area contributed by atoms with E-state index in [-0.39, 0.29) is 11.1 Å². The van der Waals surface area contributed by atoms with Crippen molar-refractivity contribution in [3.63, 3.8) is 0 Å². The van der Waals surface area contributed by atoms with E-state index in [1.54, 1.807) is 18.7 Å². The number of hydrogen-bond acceptors (Lipinski definition) is 5. The molecule has 1 N–H and O–H groups in total. The number of anilines is 1. The molecule has 1 amide bonds. The standard InChI is InChI=1S/C19H15ClN4O2S/c1-11-16(17(20)24(23-11)12-6-4-3-5-7-12)18(25)22-19-21-14-9-8-13(26-2)10-15(14)27-19/h3-10H,1-2H3,(H,21,22,25). The number of para-hydroxylation sites is 1. The van der Waals surface area contributed by atoms with E-state index in [1.807, 2.05) is 48.5 Å². The predicted octanol–water partition coefficient (Wildman–Crippen LogP) is 4.70. The zero-order chi connectivity index (χ0) is 19.0. The molecule has 0 fully saturated rings. The number of thiazole rings is 1.